The minimum absolute atomic E-state index is 0.0840. The number of esters is 1. The summed E-state index contributed by atoms with van der Waals surface area (Å²) in [6.45, 7) is 8.28. The van der Waals surface area contributed by atoms with Crippen molar-refractivity contribution >= 4 is 12.1 Å². The van der Waals surface area contributed by atoms with Gasteiger partial charge in [0.25, 0.3) is 0 Å². The average Bonchev–Trinajstić information content (AvgIpc) is 2.72. The number of rotatable bonds is 3. The first-order valence-corrected chi connectivity index (χ1v) is 6.68. The Morgan fingerprint density at radius 1 is 1.37 bits per heavy atom. The summed E-state index contributed by atoms with van der Waals surface area (Å²) in [5, 5.41) is 0. The van der Waals surface area contributed by atoms with Crippen molar-refractivity contribution in [1.82, 2.24) is 4.90 Å². The third kappa shape index (κ3) is 5.32. The molecule has 0 N–H and O–H groups in total. The molecule has 1 fully saturated rings. The molecular formula is C14H23NO4. The van der Waals surface area contributed by atoms with Crippen LogP contribution in [0.1, 0.15) is 40.5 Å². The highest BCUT2D eigenvalue weighted by atomic mass is 16.6. The molecule has 0 unspecified atom stereocenters. The molecule has 1 aliphatic heterocycles. The van der Waals surface area contributed by atoms with Crippen LogP contribution in [0.4, 0.5) is 4.79 Å². The second kappa shape index (κ2) is 6.59. The van der Waals surface area contributed by atoms with E-state index in [1.54, 1.807) is 17.9 Å². The zero-order valence-corrected chi connectivity index (χ0v) is 12.1. The van der Waals surface area contributed by atoms with E-state index in [4.69, 9.17) is 9.47 Å². The van der Waals surface area contributed by atoms with Crippen molar-refractivity contribution in [2.75, 3.05) is 13.2 Å². The predicted molar refractivity (Wildman–Crippen MR) is 71.7 cm³/mol. The van der Waals surface area contributed by atoms with E-state index in [0.717, 1.165) is 12.8 Å². The standard InChI is InChI=1S/C14H23NO4/c1-5-18-12(16)9-8-11-7-6-10-15(11)13(17)19-14(2,3)4/h8-9,11H,5-7,10H2,1-4H3/b9-8-/t11-/m1/s1. The number of amides is 1. The van der Waals surface area contributed by atoms with E-state index < -0.39 is 5.60 Å². The molecule has 0 bridgehead atoms. The monoisotopic (exact) mass is 269 g/mol. The Kier molecular flexibility index (Phi) is 5.39. The topological polar surface area (TPSA) is 55.8 Å². The molecule has 1 amide bonds. The maximum absolute atomic E-state index is 12.0. The molecule has 19 heavy (non-hydrogen) atoms. The van der Waals surface area contributed by atoms with Crippen LogP contribution in [-0.2, 0) is 14.3 Å². The van der Waals surface area contributed by atoms with E-state index in [9.17, 15) is 9.59 Å². The van der Waals surface area contributed by atoms with Crippen LogP contribution in [0.5, 0.6) is 0 Å². The van der Waals surface area contributed by atoms with Crippen molar-refractivity contribution in [3.63, 3.8) is 0 Å². The van der Waals surface area contributed by atoms with Gasteiger partial charge in [-0.15, -0.1) is 0 Å². The normalized spacial score (nSPS) is 19.8. The predicted octanol–water partition coefficient (Wildman–Crippen LogP) is 2.51. The van der Waals surface area contributed by atoms with Gasteiger partial charge in [-0.1, -0.05) is 6.08 Å². The van der Waals surface area contributed by atoms with Crippen molar-refractivity contribution in [3.05, 3.63) is 12.2 Å². The maximum Gasteiger partial charge on any atom is 0.410 e. The lowest BCUT2D eigenvalue weighted by atomic mass is 10.2. The highest BCUT2D eigenvalue weighted by Gasteiger charge is 2.30. The lowest BCUT2D eigenvalue weighted by Gasteiger charge is -2.27. The molecule has 5 heteroatoms. The van der Waals surface area contributed by atoms with Gasteiger partial charge in [-0.3, -0.25) is 0 Å². The van der Waals surface area contributed by atoms with E-state index in [1.165, 1.54) is 6.08 Å². The molecular weight excluding hydrogens is 246 g/mol. The van der Waals surface area contributed by atoms with Gasteiger partial charge in [0.2, 0.25) is 0 Å². The van der Waals surface area contributed by atoms with Gasteiger partial charge in [0, 0.05) is 12.6 Å². The minimum atomic E-state index is -0.505. The fourth-order valence-electron chi connectivity index (χ4n) is 1.92. The SMILES string of the molecule is CCOC(=O)/C=C\[C@H]1CCCN1C(=O)OC(C)(C)C. The third-order valence-electron chi connectivity index (χ3n) is 2.67. The van der Waals surface area contributed by atoms with Gasteiger partial charge in [0.15, 0.2) is 0 Å². The highest BCUT2D eigenvalue weighted by Crippen LogP contribution is 2.21. The molecule has 1 atom stereocenters. The van der Waals surface area contributed by atoms with Crippen molar-refractivity contribution in [3.8, 4) is 0 Å². The molecule has 1 heterocycles. The lowest BCUT2D eigenvalue weighted by Crippen LogP contribution is -2.39. The van der Waals surface area contributed by atoms with Crippen molar-refractivity contribution in [1.29, 1.82) is 0 Å². The van der Waals surface area contributed by atoms with Crippen LogP contribution in [0.2, 0.25) is 0 Å². The number of carbonyl (C=O) groups is 2. The summed E-state index contributed by atoms with van der Waals surface area (Å²) in [4.78, 5) is 24.9. The summed E-state index contributed by atoms with van der Waals surface area (Å²) >= 11 is 0. The minimum Gasteiger partial charge on any atom is -0.463 e. The van der Waals surface area contributed by atoms with E-state index >= 15 is 0 Å². The molecule has 0 spiro atoms. The number of nitrogens with zero attached hydrogens (tertiary/aromatic N) is 1. The summed E-state index contributed by atoms with van der Waals surface area (Å²) in [6.07, 6.45) is 4.53. The first-order chi connectivity index (χ1) is 8.83. The molecule has 108 valence electrons. The first kappa shape index (κ1) is 15.5. The summed E-state index contributed by atoms with van der Waals surface area (Å²) in [5.41, 5.74) is -0.505. The number of likely N-dealkylation sites (tertiary alicyclic amines) is 1. The number of carbonyl (C=O) groups excluding carboxylic acids is 2. The second-order valence-corrected chi connectivity index (χ2v) is 5.49. The van der Waals surface area contributed by atoms with Gasteiger partial charge in [-0.05, 0) is 40.5 Å². The first-order valence-electron chi connectivity index (χ1n) is 6.68. The Morgan fingerprint density at radius 3 is 2.63 bits per heavy atom. The largest absolute Gasteiger partial charge is 0.463 e. The van der Waals surface area contributed by atoms with Crippen LogP contribution < -0.4 is 0 Å². The number of hydrogen-bond donors (Lipinski definition) is 0. The molecule has 0 aromatic carbocycles. The highest BCUT2D eigenvalue weighted by molar-refractivity contribution is 5.82. The Hall–Kier alpha value is -1.52. The smallest absolute Gasteiger partial charge is 0.410 e. The molecule has 5 nitrogen and oxygen atoms in total. The summed E-state index contributed by atoms with van der Waals surface area (Å²) in [7, 11) is 0. The van der Waals surface area contributed by atoms with Crippen molar-refractivity contribution < 1.29 is 19.1 Å². The Labute approximate surface area is 114 Å². The molecule has 1 saturated heterocycles. The zero-order chi connectivity index (χ0) is 14.5. The van der Waals surface area contributed by atoms with Crippen molar-refractivity contribution in [2.24, 2.45) is 0 Å². The molecule has 0 radical (unpaired) electrons. The van der Waals surface area contributed by atoms with Crippen LogP contribution in [-0.4, -0.2) is 41.8 Å². The van der Waals surface area contributed by atoms with Crippen LogP contribution in [0, 0.1) is 0 Å². The fourth-order valence-corrected chi connectivity index (χ4v) is 1.92. The van der Waals surface area contributed by atoms with E-state index in [1.807, 2.05) is 20.8 Å². The van der Waals surface area contributed by atoms with Gasteiger partial charge < -0.3 is 14.4 Å². The summed E-state index contributed by atoms with van der Waals surface area (Å²) < 4.78 is 10.2. The molecule has 1 aliphatic rings. The van der Waals surface area contributed by atoms with Crippen LogP contribution >= 0.6 is 0 Å². The van der Waals surface area contributed by atoms with Gasteiger partial charge >= 0.3 is 12.1 Å². The summed E-state index contributed by atoms with van der Waals surface area (Å²) in [6, 6.07) is -0.0840. The van der Waals surface area contributed by atoms with Crippen LogP contribution in [0.25, 0.3) is 0 Å². The van der Waals surface area contributed by atoms with Crippen LogP contribution in [0.3, 0.4) is 0 Å². The number of ether oxygens (including phenoxy) is 2. The lowest BCUT2D eigenvalue weighted by molar-refractivity contribution is -0.137. The molecule has 0 aliphatic carbocycles. The van der Waals surface area contributed by atoms with Gasteiger partial charge in [-0.2, -0.15) is 0 Å². The van der Waals surface area contributed by atoms with Gasteiger partial charge in [0.05, 0.1) is 12.6 Å². The number of hydrogen-bond acceptors (Lipinski definition) is 4. The second-order valence-electron chi connectivity index (χ2n) is 5.49. The summed E-state index contributed by atoms with van der Waals surface area (Å²) in [5.74, 6) is -0.376. The fraction of sp³-hybridized carbons (Fsp3) is 0.714. The Bertz CT molecular complexity index is 357. The zero-order valence-electron chi connectivity index (χ0n) is 12.1. The quantitative estimate of drug-likeness (QED) is 0.583. The van der Waals surface area contributed by atoms with E-state index in [2.05, 4.69) is 0 Å². The van der Waals surface area contributed by atoms with Gasteiger partial charge in [-0.25, -0.2) is 9.59 Å². The van der Waals surface area contributed by atoms with Crippen molar-refractivity contribution in [2.45, 2.75) is 52.2 Å². The molecule has 0 saturated carbocycles. The Balaban J connectivity index is 2.59. The molecule has 0 aromatic rings. The Morgan fingerprint density at radius 2 is 2.05 bits per heavy atom. The maximum atomic E-state index is 12.0. The van der Waals surface area contributed by atoms with E-state index in [-0.39, 0.29) is 18.1 Å². The van der Waals surface area contributed by atoms with E-state index in [0.29, 0.717) is 13.2 Å². The molecule has 0 aromatic heterocycles. The van der Waals surface area contributed by atoms with Gasteiger partial charge in [0.1, 0.15) is 5.60 Å². The molecule has 1 rings (SSSR count). The van der Waals surface area contributed by atoms with Crippen LogP contribution in [0.15, 0.2) is 12.2 Å². The average molecular weight is 269 g/mol. The third-order valence-corrected chi connectivity index (χ3v) is 2.67.